The van der Waals surface area contributed by atoms with E-state index in [0.717, 1.165) is 21.9 Å². The number of hydrogen-bond donors (Lipinski definition) is 0. The molecule has 32 heavy (non-hydrogen) atoms. The van der Waals surface area contributed by atoms with Gasteiger partial charge in [0, 0.05) is 61.5 Å². The highest BCUT2D eigenvalue weighted by atomic mass is 16.6. The molecule has 2 aromatic heterocycles. The fraction of sp³-hybridized carbons (Fsp3) is 0.440. The standard InChI is InChI=1S/C25H30N4O3/c1-25(2,3)32-24(31)29-9-7-17(8-10-29)23(30)13-22-12-20-11-18(5-6-19(20)14-26-22)21-15-27-28(4)16-21/h5-6,11-12,14-17H,7-10,13H2,1-4H3/i12D. The van der Waals surface area contributed by atoms with Crippen LogP contribution in [0.4, 0.5) is 4.79 Å². The lowest BCUT2D eigenvalue weighted by Gasteiger charge is -2.32. The summed E-state index contributed by atoms with van der Waals surface area (Å²) < 4.78 is 15.8. The molecule has 0 bridgehead atoms. The summed E-state index contributed by atoms with van der Waals surface area (Å²) in [4.78, 5) is 31.3. The van der Waals surface area contributed by atoms with E-state index in [1.807, 2.05) is 52.2 Å². The number of likely N-dealkylation sites (tertiary alicyclic amines) is 1. The van der Waals surface area contributed by atoms with Crippen LogP contribution in [0.15, 0.2) is 42.8 Å². The number of ketones is 1. The maximum absolute atomic E-state index is 13.0. The van der Waals surface area contributed by atoms with E-state index in [9.17, 15) is 9.59 Å². The topological polar surface area (TPSA) is 77.3 Å². The Morgan fingerprint density at radius 2 is 1.91 bits per heavy atom. The van der Waals surface area contributed by atoms with Gasteiger partial charge < -0.3 is 9.64 Å². The van der Waals surface area contributed by atoms with Crippen LogP contribution in [0.3, 0.4) is 0 Å². The number of rotatable bonds is 4. The Morgan fingerprint density at radius 3 is 2.56 bits per heavy atom. The molecule has 0 saturated carbocycles. The predicted molar refractivity (Wildman–Crippen MR) is 123 cm³/mol. The largest absolute Gasteiger partial charge is 0.444 e. The first-order chi connectivity index (χ1) is 15.6. The minimum atomic E-state index is -0.535. The Balaban J connectivity index is 1.45. The molecule has 7 nitrogen and oxygen atoms in total. The number of fused-ring (bicyclic) bond motifs is 1. The molecule has 0 radical (unpaired) electrons. The third-order valence-electron chi connectivity index (χ3n) is 5.67. The normalized spacial score (nSPS) is 15.6. The summed E-state index contributed by atoms with van der Waals surface area (Å²) in [5.41, 5.74) is 1.91. The number of aromatic nitrogens is 3. The molecular weight excluding hydrogens is 404 g/mol. The van der Waals surface area contributed by atoms with E-state index in [1.165, 1.54) is 0 Å². The summed E-state index contributed by atoms with van der Waals surface area (Å²) in [6.45, 7) is 6.53. The van der Waals surface area contributed by atoms with Crippen LogP contribution in [0.25, 0.3) is 21.9 Å². The Labute approximate surface area is 189 Å². The number of nitrogens with zero attached hydrogens (tertiary/aromatic N) is 4. The van der Waals surface area contributed by atoms with Gasteiger partial charge in [-0.05, 0) is 56.7 Å². The monoisotopic (exact) mass is 435 g/mol. The number of Topliss-reactive ketones (excluding diaryl/α,β-unsaturated/α-hetero) is 1. The number of amides is 1. The first kappa shape index (κ1) is 20.7. The minimum absolute atomic E-state index is 0.0719. The van der Waals surface area contributed by atoms with E-state index >= 15 is 0 Å². The number of ether oxygens (including phenoxy) is 1. The summed E-state index contributed by atoms with van der Waals surface area (Å²) >= 11 is 0. The number of hydrogen-bond acceptors (Lipinski definition) is 5. The van der Waals surface area contributed by atoms with Crippen molar-refractivity contribution in [2.24, 2.45) is 13.0 Å². The Hall–Kier alpha value is -3.22. The summed E-state index contributed by atoms with van der Waals surface area (Å²) in [5.74, 6) is -0.0649. The van der Waals surface area contributed by atoms with Crippen molar-refractivity contribution in [3.05, 3.63) is 48.5 Å². The highest BCUT2D eigenvalue weighted by molar-refractivity contribution is 5.88. The van der Waals surface area contributed by atoms with Gasteiger partial charge in [-0.15, -0.1) is 0 Å². The first-order valence-corrected chi connectivity index (χ1v) is 11.0. The second kappa shape index (κ2) is 8.73. The number of carbonyl (C=O) groups excluding carboxylic acids is 2. The van der Waals surface area contributed by atoms with Crippen LogP contribution in [0.5, 0.6) is 0 Å². The average molecular weight is 436 g/mol. The number of carbonyl (C=O) groups is 2. The Bertz CT molecular complexity index is 1190. The van der Waals surface area contributed by atoms with Gasteiger partial charge in [0.25, 0.3) is 0 Å². The van der Waals surface area contributed by atoms with Gasteiger partial charge in [-0.25, -0.2) is 4.79 Å². The molecule has 1 aliphatic rings. The molecule has 1 aliphatic heterocycles. The number of piperidine rings is 1. The Morgan fingerprint density at radius 1 is 1.16 bits per heavy atom. The molecule has 0 aliphatic carbocycles. The predicted octanol–water partition coefficient (Wildman–Crippen LogP) is 4.39. The minimum Gasteiger partial charge on any atom is -0.444 e. The van der Waals surface area contributed by atoms with Crippen molar-refractivity contribution >= 4 is 22.6 Å². The molecule has 1 amide bonds. The highest BCUT2D eigenvalue weighted by Gasteiger charge is 2.29. The van der Waals surface area contributed by atoms with Crippen molar-refractivity contribution in [1.82, 2.24) is 19.7 Å². The third-order valence-corrected chi connectivity index (χ3v) is 5.67. The van der Waals surface area contributed by atoms with E-state index < -0.39 is 5.60 Å². The van der Waals surface area contributed by atoms with Crippen LogP contribution in [0.2, 0.25) is 0 Å². The number of benzene rings is 1. The lowest BCUT2D eigenvalue weighted by Crippen LogP contribution is -2.43. The molecule has 7 heteroatoms. The summed E-state index contributed by atoms with van der Waals surface area (Å²) in [7, 11) is 1.87. The van der Waals surface area contributed by atoms with E-state index in [4.69, 9.17) is 6.11 Å². The average Bonchev–Trinajstić information content (AvgIpc) is 3.21. The Kier molecular flexibility index (Phi) is 5.64. The molecule has 0 unspecified atom stereocenters. The van der Waals surface area contributed by atoms with Crippen LogP contribution in [0.1, 0.15) is 40.7 Å². The third kappa shape index (κ3) is 5.15. The smallest absolute Gasteiger partial charge is 0.410 e. The van der Waals surface area contributed by atoms with E-state index in [2.05, 4.69) is 10.1 Å². The molecule has 3 aromatic rings. The fourth-order valence-corrected chi connectivity index (χ4v) is 3.97. The van der Waals surface area contributed by atoms with Gasteiger partial charge in [0.2, 0.25) is 0 Å². The molecule has 0 atom stereocenters. The molecule has 1 fully saturated rings. The van der Waals surface area contributed by atoms with Gasteiger partial charge in [0.05, 0.1) is 7.57 Å². The zero-order valence-electron chi connectivity index (χ0n) is 20.1. The second-order valence-electron chi connectivity index (χ2n) is 9.42. The molecule has 1 saturated heterocycles. The second-order valence-corrected chi connectivity index (χ2v) is 9.42. The van der Waals surface area contributed by atoms with E-state index in [0.29, 0.717) is 31.6 Å². The maximum Gasteiger partial charge on any atom is 0.410 e. The highest BCUT2D eigenvalue weighted by Crippen LogP contribution is 2.26. The van der Waals surface area contributed by atoms with Gasteiger partial charge >= 0.3 is 6.09 Å². The lowest BCUT2D eigenvalue weighted by atomic mass is 9.90. The number of aryl methyl sites for hydroxylation is 1. The molecule has 168 valence electrons. The molecule has 0 N–H and O–H groups in total. The van der Waals surface area contributed by atoms with Gasteiger partial charge in [-0.1, -0.05) is 12.1 Å². The number of pyridine rings is 1. The summed E-state index contributed by atoms with van der Waals surface area (Å²) in [6.07, 6.45) is 6.45. The molecule has 0 spiro atoms. The van der Waals surface area contributed by atoms with Crippen molar-refractivity contribution < 1.29 is 15.7 Å². The van der Waals surface area contributed by atoms with Crippen molar-refractivity contribution in [2.45, 2.75) is 45.6 Å². The van der Waals surface area contributed by atoms with Crippen molar-refractivity contribution in [3.63, 3.8) is 0 Å². The zero-order valence-corrected chi connectivity index (χ0v) is 19.1. The van der Waals surface area contributed by atoms with Crippen LogP contribution >= 0.6 is 0 Å². The van der Waals surface area contributed by atoms with Crippen LogP contribution in [0, 0.1) is 5.92 Å². The van der Waals surface area contributed by atoms with E-state index in [1.54, 1.807) is 22.0 Å². The molecule has 1 aromatic carbocycles. The van der Waals surface area contributed by atoms with Crippen molar-refractivity contribution in [3.8, 4) is 11.1 Å². The van der Waals surface area contributed by atoms with Crippen LogP contribution in [-0.4, -0.2) is 50.2 Å². The van der Waals surface area contributed by atoms with Gasteiger partial charge in [0.1, 0.15) is 11.4 Å². The SMILES string of the molecule is [2H]c1c(CC(=O)C2CCN(C(=O)OC(C)(C)C)CC2)ncc2ccc(-c3cnn(C)c3)cc12. The fourth-order valence-electron chi connectivity index (χ4n) is 3.97. The molecule has 3 heterocycles. The van der Waals surface area contributed by atoms with Gasteiger partial charge in [-0.3, -0.25) is 14.5 Å². The lowest BCUT2D eigenvalue weighted by molar-refractivity contribution is -0.123. The first-order valence-electron chi connectivity index (χ1n) is 11.5. The van der Waals surface area contributed by atoms with Crippen LogP contribution < -0.4 is 0 Å². The van der Waals surface area contributed by atoms with Crippen molar-refractivity contribution in [2.75, 3.05) is 13.1 Å². The molecular formula is C25H30N4O3. The van der Waals surface area contributed by atoms with E-state index in [-0.39, 0.29) is 30.3 Å². The summed E-state index contributed by atoms with van der Waals surface area (Å²) in [6, 6.07) is 6.19. The summed E-state index contributed by atoms with van der Waals surface area (Å²) in [5, 5.41) is 5.86. The maximum atomic E-state index is 13.0. The quantitative estimate of drug-likeness (QED) is 0.607. The van der Waals surface area contributed by atoms with Crippen molar-refractivity contribution in [1.29, 1.82) is 0 Å². The van der Waals surface area contributed by atoms with Gasteiger partial charge in [0.15, 0.2) is 0 Å². The van der Waals surface area contributed by atoms with Crippen LogP contribution in [-0.2, 0) is 23.0 Å². The zero-order chi connectivity index (χ0) is 23.8. The van der Waals surface area contributed by atoms with Gasteiger partial charge in [-0.2, -0.15) is 5.10 Å². The molecule has 4 rings (SSSR count).